The fourth-order valence-corrected chi connectivity index (χ4v) is 2.43. The summed E-state index contributed by atoms with van der Waals surface area (Å²) in [6.45, 7) is 0. The van der Waals surface area contributed by atoms with Crippen molar-refractivity contribution in [1.82, 2.24) is 0 Å². The van der Waals surface area contributed by atoms with Crippen molar-refractivity contribution < 1.29 is 4.39 Å². The Labute approximate surface area is 86.3 Å². The minimum atomic E-state index is -0.325. The molecule has 1 rings (SSSR count). The Morgan fingerprint density at radius 1 is 1.38 bits per heavy atom. The Hall–Kier alpha value is -0.350. The molecule has 0 aliphatic rings. The van der Waals surface area contributed by atoms with Gasteiger partial charge in [-0.1, -0.05) is 0 Å². The summed E-state index contributed by atoms with van der Waals surface area (Å²) in [5, 5.41) is 0. The quantitative estimate of drug-likeness (QED) is 0.477. The number of nitrogens with two attached hydrogens (primary N) is 1. The Balaban J connectivity index is 2.53. The molecule has 2 N–H and O–H groups in total. The number of anilines is 1. The largest absolute Gasteiger partial charge is 0.396 e. The molecule has 0 saturated heterocycles. The minimum Gasteiger partial charge on any atom is -0.396 e. The SMILES string of the molecule is CSCCSc1ccc(N)c(F)c1. The molecule has 0 radical (unpaired) electrons. The van der Waals surface area contributed by atoms with Gasteiger partial charge in [0.05, 0.1) is 5.69 Å². The molecule has 72 valence electrons. The fourth-order valence-electron chi connectivity index (χ4n) is 0.840. The van der Waals surface area contributed by atoms with Crippen LogP contribution in [0.3, 0.4) is 0 Å². The van der Waals surface area contributed by atoms with Crippen LogP contribution >= 0.6 is 23.5 Å². The van der Waals surface area contributed by atoms with Crippen molar-refractivity contribution in [3.05, 3.63) is 24.0 Å². The second-order valence-corrected chi connectivity index (χ2v) is 4.68. The topological polar surface area (TPSA) is 26.0 Å². The van der Waals surface area contributed by atoms with Crippen molar-refractivity contribution in [1.29, 1.82) is 0 Å². The Morgan fingerprint density at radius 3 is 2.77 bits per heavy atom. The molecule has 0 atom stereocenters. The molecule has 0 saturated carbocycles. The first-order chi connectivity index (χ1) is 6.24. The predicted molar refractivity (Wildman–Crippen MR) is 59.9 cm³/mol. The van der Waals surface area contributed by atoms with Gasteiger partial charge in [0.25, 0.3) is 0 Å². The van der Waals surface area contributed by atoms with Crippen LogP contribution in [0.15, 0.2) is 23.1 Å². The molecular formula is C9H12FNS2. The van der Waals surface area contributed by atoms with Crippen molar-refractivity contribution in [3.8, 4) is 0 Å². The van der Waals surface area contributed by atoms with E-state index in [1.807, 2.05) is 6.07 Å². The lowest BCUT2D eigenvalue weighted by atomic mass is 10.3. The van der Waals surface area contributed by atoms with E-state index in [2.05, 4.69) is 6.26 Å². The molecule has 0 spiro atoms. The normalized spacial score (nSPS) is 10.3. The third kappa shape index (κ3) is 3.48. The number of hydrogen-bond acceptors (Lipinski definition) is 3. The van der Waals surface area contributed by atoms with Gasteiger partial charge in [-0.25, -0.2) is 4.39 Å². The van der Waals surface area contributed by atoms with Gasteiger partial charge < -0.3 is 5.73 Å². The van der Waals surface area contributed by atoms with E-state index in [-0.39, 0.29) is 11.5 Å². The van der Waals surface area contributed by atoms with E-state index in [0.717, 1.165) is 16.4 Å². The van der Waals surface area contributed by atoms with Crippen LogP contribution in [0.25, 0.3) is 0 Å². The van der Waals surface area contributed by atoms with E-state index in [1.54, 1.807) is 29.6 Å². The van der Waals surface area contributed by atoms with Crippen LogP contribution in [0.2, 0.25) is 0 Å². The third-order valence-electron chi connectivity index (χ3n) is 1.53. The Kier molecular flexibility index (Phi) is 4.45. The van der Waals surface area contributed by atoms with Crippen LogP contribution in [0.4, 0.5) is 10.1 Å². The first-order valence-electron chi connectivity index (χ1n) is 3.91. The van der Waals surface area contributed by atoms with Gasteiger partial charge in [0.2, 0.25) is 0 Å². The molecule has 1 aromatic carbocycles. The van der Waals surface area contributed by atoms with Crippen molar-refractivity contribution in [2.75, 3.05) is 23.5 Å². The molecule has 0 bridgehead atoms. The fraction of sp³-hybridized carbons (Fsp3) is 0.333. The molecule has 0 aliphatic carbocycles. The highest BCUT2D eigenvalue weighted by atomic mass is 32.2. The van der Waals surface area contributed by atoms with Crippen LogP contribution < -0.4 is 5.73 Å². The van der Waals surface area contributed by atoms with E-state index >= 15 is 0 Å². The van der Waals surface area contributed by atoms with E-state index < -0.39 is 0 Å². The number of hydrogen-bond donors (Lipinski definition) is 1. The number of benzene rings is 1. The summed E-state index contributed by atoms with van der Waals surface area (Å²) in [4.78, 5) is 0.945. The van der Waals surface area contributed by atoms with Crippen LogP contribution in [0.5, 0.6) is 0 Å². The maximum Gasteiger partial charge on any atom is 0.147 e. The molecule has 0 aromatic heterocycles. The zero-order chi connectivity index (χ0) is 9.68. The molecule has 0 aliphatic heterocycles. The average Bonchev–Trinajstić information content (AvgIpc) is 2.12. The molecule has 13 heavy (non-hydrogen) atoms. The zero-order valence-electron chi connectivity index (χ0n) is 7.42. The molecule has 0 amide bonds. The highest BCUT2D eigenvalue weighted by molar-refractivity contribution is 8.02. The molecule has 1 nitrogen and oxygen atoms in total. The lowest BCUT2D eigenvalue weighted by Crippen LogP contribution is -1.90. The lowest BCUT2D eigenvalue weighted by molar-refractivity contribution is 0.629. The van der Waals surface area contributed by atoms with Crippen LogP contribution in [0.1, 0.15) is 0 Å². The van der Waals surface area contributed by atoms with Gasteiger partial charge >= 0.3 is 0 Å². The van der Waals surface area contributed by atoms with Gasteiger partial charge in [-0.15, -0.1) is 11.8 Å². The Bertz CT molecular complexity index is 278. The van der Waals surface area contributed by atoms with Gasteiger partial charge in [-0.2, -0.15) is 11.8 Å². The monoisotopic (exact) mass is 217 g/mol. The predicted octanol–water partition coefficient (Wildman–Crippen LogP) is 2.86. The third-order valence-corrected chi connectivity index (χ3v) is 3.39. The number of nitrogen functional groups attached to an aromatic ring is 1. The summed E-state index contributed by atoms with van der Waals surface area (Å²) in [5.74, 6) is 1.76. The van der Waals surface area contributed by atoms with E-state index in [0.29, 0.717) is 0 Å². The molecule has 1 aromatic rings. The highest BCUT2D eigenvalue weighted by Crippen LogP contribution is 2.22. The summed E-state index contributed by atoms with van der Waals surface area (Å²) in [7, 11) is 0. The van der Waals surface area contributed by atoms with Crippen LogP contribution in [0, 0.1) is 5.82 Å². The standard InChI is InChI=1S/C9H12FNS2/c1-12-4-5-13-7-2-3-9(11)8(10)6-7/h2-3,6H,4-5,11H2,1H3. The van der Waals surface area contributed by atoms with Crippen molar-refractivity contribution in [2.24, 2.45) is 0 Å². The van der Waals surface area contributed by atoms with Gasteiger partial charge in [0.1, 0.15) is 5.82 Å². The maximum absolute atomic E-state index is 12.9. The van der Waals surface area contributed by atoms with Gasteiger partial charge in [-0.05, 0) is 24.5 Å². The van der Waals surface area contributed by atoms with E-state index in [4.69, 9.17) is 5.73 Å². The van der Waals surface area contributed by atoms with E-state index in [1.165, 1.54) is 6.07 Å². The van der Waals surface area contributed by atoms with Crippen molar-refractivity contribution in [2.45, 2.75) is 4.90 Å². The highest BCUT2D eigenvalue weighted by Gasteiger charge is 1.99. The summed E-state index contributed by atoms with van der Waals surface area (Å²) in [6.07, 6.45) is 2.06. The van der Waals surface area contributed by atoms with E-state index in [9.17, 15) is 4.39 Å². The first kappa shape index (κ1) is 10.7. The average molecular weight is 217 g/mol. The smallest absolute Gasteiger partial charge is 0.147 e. The molecule has 0 heterocycles. The van der Waals surface area contributed by atoms with Crippen LogP contribution in [-0.2, 0) is 0 Å². The number of halogens is 1. The summed E-state index contributed by atoms with van der Waals surface area (Å²) < 4.78 is 12.9. The number of thioether (sulfide) groups is 2. The molecule has 0 unspecified atom stereocenters. The second-order valence-electron chi connectivity index (χ2n) is 2.52. The van der Waals surface area contributed by atoms with Crippen molar-refractivity contribution in [3.63, 3.8) is 0 Å². The van der Waals surface area contributed by atoms with Crippen LogP contribution in [-0.4, -0.2) is 17.8 Å². The van der Waals surface area contributed by atoms with Crippen molar-refractivity contribution >= 4 is 29.2 Å². The maximum atomic E-state index is 12.9. The van der Waals surface area contributed by atoms with Gasteiger partial charge in [0.15, 0.2) is 0 Å². The summed E-state index contributed by atoms with van der Waals surface area (Å²) in [5.41, 5.74) is 5.57. The Morgan fingerprint density at radius 2 is 2.15 bits per heavy atom. The molecular weight excluding hydrogens is 205 g/mol. The van der Waals surface area contributed by atoms with Gasteiger partial charge in [0, 0.05) is 16.4 Å². The zero-order valence-corrected chi connectivity index (χ0v) is 9.05. The first-order valence-corrected chi connectivity index (χ1v) is 6.28. The molecule has 0 fully saturated rings. The summed E-state index contributed by atoms with van der Waals surface area (Å²) in [6, 6.07) is 4.94. The summed E-state index contributed by atoms with van der Waals surface area (Å²) >= 11 is 3.44. The number of rotatable bonds is 4. The van der Waals surface area contributed by atoms with Gasteiger partial charge in [-0.3, -0.25) is 0 Å². The lowest BCUT2D eigenvalue weighted by Gasteiger charge is -2.01. The molecule has 4 heteroatoms. The minimum absolute atomic E-state index is 0.217. The second kappa shape index (κ2) is 5.40.